The molecule has 0 saturated carbocycles. The first-order valence-corrected chi connectivity index (χ1v) is 11.0. The van der Waals surface area contributed by atoms with Crippen molar-refractivity contribution in [1.29, 1.82) is 0 Å². The van der Waals surface area contributed by atoms with Gasteiger partial charge in [-0.1, -0.05) is 30.3 Å². The first-order chi connectivity index (χ1) is 14.3. The summed E-state index contributed by atoms with van der Waals surface area (Å²) in [6.07, 6.45) is 0. The molecule has 10 heteroatoms. The van der Waals surface area contributed by atoms with Gasteiger partial charge >= 0.3 is 5.97 Å². The van der Waals surface area contributed by atoms with E-state index < -0.39 is 21.9 Å². The standard InChI is InChI=1S/C20H17N3O5S2/c1-13(14-8-10-15(11-9-14)20(25)26)21-22-19(24)16-5-2-3-6-17(16)23-30(27,28)18-7-4-12-29-18/h2-12,23H,1H3,(H,22,24)(H,25,26). The lowest BCUT2D eigenvalue weighted by Gasteiger charge is -2.11. The van der Waals surface area contributed by atoms with Crippen LogP contribution in [0.4, 0.5) is 5.69 Å². The van der Waals surface area contributed by atoms with Gasteiger partial charge in [-0.3, -0.25) is 9.52 Å². The van der Waals surface area contributed by atoms with Crippen molar-refractivity contribution in [3.8, 4) is 0 Å². The zero-order valence-corrected chi connectivity index (χ0v) is 17.3. The molecule has 0 radical (unpaired) electrons. The molecule has 1 amide bonds. The topological polar surface area (TPSA) is 125 Å². The van der Waals surface area contributed by atoms with Crippen molar-refractivity contribution in [2.75, 3.05) is 4.72 Å². The van der Waals surface area contributed by atoms with Crippen LogP contribution in [0.2, 0.25) is 0 Å². The Bertz CT molecular complexity index is 1200. The predicted molar refractivity (Wildman–Crippen MR) is 115 cm³/mol. The Kier molecular flexibility index (Phi) is 6.28. The lowest BCUT2D eigenvalue weighted by molar-refractivity contribution is 0.0696. The van der Waals surface area contributed by atoms with Crippen LogP contribution in [-0.4, -0.2) is 31.1 Å². The van der Waals surface area contributed by atoms with Crippen LogP contribution in [0.1, 0.15) is 33.2 Å². The minimum atomic E-state index is -3.81. The number of hydrogen-bond donors (Lipinski definition) is 3. The number of carbonyl (C=O) groups excluding carboxylic acids is 1. The van der Waals surface area contributed by atoms with E-state index in [1.165, 1.54) is 30.3 Å². The van der Waals surface area contributed by atoms with E-state index in [4.69, 9.17) is 5.11 Å². The largest absolute Gasteiger partial charge is 0.478 e. The van der Waals surface area contributed by atoms with E-state index in [-0.39, 0.29) is 21.0 Å². The number of rotatable bonds is 7. The number of carboxylic acids is 1. The highest BCUT2D eigenvalue weighted by Crippen LogP contribution is 2.22. The van der Waals surface area contributed by atoms with Gasteiger partial charge in [-0.25, -0.2) is 18.6 Å². The number of amides is 1. The maximum Gasteiger partial charge on any atom is 0.335 e. The molecule has 0 spiro atoms. The van der Waals surface area contributed by atoms with Crippen molar-refractivity contribution in [1.82, 2.24) is 5.43 Å². The normalized spacial score (nSPS) is 11.7. The van der Waals surface area contributed by atoms with Crippen LogP contribution in [0.25, 0.3) is 0 Å². The van der Waals surface area contributed by atoms with Gasteiger partial charge in [0.1, 0.15) is 4.21 Å². The second-order valence-electron chi connectivity index (χ2n) is 6.10. The monoisotopic (exact) mass is 443 g/mol. The van der Waals surface area contributed by atoms with Crippen molar-refractivity contribution in [3.05, 3.63) is 82.7 Å². The third-order valence-corrected chi connectivity index (χ3v) is 6.81. The number of benzene rings is 2. The second kappa shape index (κ2) is 8.89. The van der Waals surface area contributed by atoms with Crippen LogP contribution in [0.15, 0.2) is 75.4 Å². The maximum absolute atomic E-state index is 12.6. The Morgan fingerprint density at radius 1 is 0.967 bits per heavy atom. The average Bonchev–Trinajstić information content (AvgIpc) is 3.28. The first-order valence-electron chi connectivity index (χ1n) is 8.61. The van der Waals surface area contributed by atoms with Crippen molar-refractivity contribution < 1.29 is 23.1 Å². The molecule has 1 aromatic heterocycles. The quantitative estimate of drug-likeness (QED) is 0.381. The molecule has 0 aliphatic rings. The molecule has 0 fully saturated rings. The molecular formula is C20H17N3O5S2. The summed E-state index contributed by atoms with van der Waals surface area (Å²) in [5, 5.41) is 14.6. The van der Waals surface area contributed by atoms with Crippen molar-refractivity contribution in [2.24, 2.45) is 5.10 Å². The Balaban J connectivity index is 1.77. The summed E-state index contributed by atoms with van der Waals surface area (Å²) >= 11 is 1.07. The molecule has 2 aromatic carbocycles. The molecule has 3 N–H and O–H groups in total. The van der Waals surface area contributed by atoms with Gasteiger partial charge in [-0.15, -0.1) is 11.3 Å². The van der Waals surface area contributed by atoms with E-state index in [1.807, 2.05) is 0 Å². The number of carbonyl (C=O) groups is 2. The maximum atomic E-state index is 12.6. The van der Waals surface area contributed by atoms with E-state index in [0.717, 1.165) is 11.3 Å². The zero-order valence-electron chi connectivity index (χ0n) is 15.7. The lowest BCUT2D eigenvalue weighted by atomic mass is 10.1. The van der Waals surface area contributed by atoms with E-state index in [0.29, 0.717) is 11.3 Å². The van der Waals surface area contributed by atoms with Crippen LogP contribution in [0.3, 0.4) is 0 Å². The fourth-order valence-corrected chi connectivity index (χ4v) is 4.57. The van der Waals surface area contributed by atoms with Gasteiger partial charge < -0.3 is 5.11 Å². The van der Waals surface area contributed by atoms with E-state index in [2.05, 4.69) is 15.2 Å². The summed E-state index contributed by atoms with van der Waals surface area (Å²) in [6.45, 7) is 1.65. The summed E-state index contributed by atoms with van der Waals surface area (Å²) in [4.78, 5) is 23.5. The predicted octanol–water partition coefficient (Wildman–Crippen LogP) is 3.40. The summed E-state index contributed by atoms with van der Waals surface area (Å²) in [5.41, 5.74) is 3.86. The van der Waals surface area contributed by atoms with Crippen LogP contribution in [-0.2, 0) is 10.0 Å². The SMILES string of the molecule is CC(=NNC(=O)c1ccccc1NS(=O)(=O)c1cccs1)c1ccc(C(=O)O)cc1. The fourth-order valence-electron chi connectivity index (χ4n) is 2.49. The summed E-state index contributed by atoms with van der Waals surface area (Å²) in [6, 6.07) is 15.3. The molecule has 1 heterocycles. The molecule has 3 aromatic rings. The molecule has 3 rings (SSSR count). The smallest absolute Gasteiger partial charge is 0.335 e. The average molecular weight is 444 g/mol. The Labute approximate surface area is 176 Å². The molecule has 0 aliphatic carbocycles. The van der Waals surface area contributed by atoms with Crippen LogP contribution >= 0.6 is 11.3 Å². The lowest BCUT2D eigenvalue weighted by Crippen LogP contribution is -2.22. The van der Waals surface area contributed by atoms with E-state index >= 15 is 0 Å². The Morgan fingerprint density at radius 2 is 1.63 bits per heavy atom. The van der Waals surface area contributed by atoms with Gasteiger partial charge in [0.2, 0.25) is 0 Å². The Hall–Kier alpha value is -3.50. The van der Waals surface area contributed by atoms with Crippen LogP contribution in [0.5, 0.6) is 0 Å². The van der Waals surface area contributed by atoms with Gasteiger partial charge in [0.05, 0.1) is 22.5 Å². The van der Waals surface area contributed by atoms with Crippen molar-refractivity contribution in [2.45, 2.75) is 11.1 Å². The number of anilines is 1. The zero-order chi connectivity index (χ0) is 21.7. The molecule has 8 nitrogen and oxygen atoms in total. The molecule has 0 atom stereocenters. The molecular weight excluding hydrogens is 426 g/mol. The third kappa shape index (κ3) is 4.91. The number of para-hydroxylation sites is 1. The first kappa shape index (κ1) is 21.2. The van der Waals surface area contributed by atoms with Crippen LogP contribution < -0.4 is 10.1 Å². The molecule has 30 heavy (non-hydrogen) atoms. The molecule has 0 aliphatic heterocycles. The van der Waals surface area contributed by atoms with Gasteiger partial charge in [0, 0.05) is 0 Å². The molecule has 0 bridgehead atoms. The van der Waals surface area contributed by atoms with Gasteiger partial charge in [0.25, 0.3) is 15.9 Å². The number of thiophene rings is 1. The number of carboxylic acid groups (broad SMARTS) is 1. The third-order valence-electron chi connectivity index (χ3n) is 4.05. The number of hydrogen-bond acceptors (Lipinski definition) is 6. The van der Waals surface area contributed by atoms with E-state index in [9.17, 15) is 18.0 Å². The molecule has 154 valence electrons. The van der Waals surface area contributed by atoms with Gasteiger partial charge in [0.15, 0.2) is 0 Å². The summed E-state index contributed by atoms with van der Waals surface area (Å²) in [7, 11) is -3.81. The highest BCUT2D eigenvalue weighted by Gasteiger charge is 2.19. The van der Waals surface area contributed by atoms with Gasteiger partial charge in [-0.2, -0.15) is 5.10 Å². The summed E-state index contributed by atoms with van der Waals surface area (Å²) in [5.74, 6) is -1.63. The summed E-state index contributed by atoms with van der Waals surface area (Å²) < 4.78 is 27.5. The van der Waals surface area contributed by atoms with E-state index in [1.54, 1.807) is 42.6 Å². The molecule has 0 unspecified atom stereocenters. The molecule has 0 saturated heterocycles. The number of aromatic carboxylic acids is 1. The number of sulfonamides is 1. The Morgan fingerprint density at radius 3 is 2.27 bits per heavy atom. The highest BCUT2D eigenvalue weighted by molar-refractivity contribution is 7.94. The van der Waals surface area contributed by atoms with Crippen LogP contribution in [0, 0.1) is 0 Å². The van der Waals surface area contributed by atoms with Crippen molar-refractivity contribution in [3.63, 3.8) is 0 Å². The number of hydrazone groups is 1. The van der Waals surface area contributed by atoms with Gasteiger partial charge in [-0.05, 0) is 48.2 Å². The number of nitrogens with zero attached hydrogens (tertiary/aromatic N) is 1. The number of nitrogens with one attached hydrogen (secondary N) is 2. The van der Waals surface area contributed by atoms with Crippen molar-refractivity contribution >= 4 is 44.6 Å². The minimum Gasteiger partial charge on any atom is -0.478 e. The fraction of sp³-hybridized carbons (Fsp3) is 0.0500. The second-order valence-corrected chi connectivity index (χ2v) is 8.96. The minimum absolute atomic E-state index is 0.107. The highest BCUT2D eigenvalue weighted by atomic mass is 32.2.